The maximum atomic E-state index is 5.58. The molecule has 1 aromatic carbocycles. The molecular formula is C16H20N4O3. The van der Waals surface area contributed by atoms with Gasteiger partial charge in [0.05, 0.1) is 6.61 Å². The largest absolute Gasteiger partial charge is 0.486 e. The zero-order chi connectivity index (χ0) is 16.1. The van der Waals surface area contributed by atoms with Crippen molar-refractivity contribution >= 4 is 17.5 Å². The highest BCUT2D eigenvalue weighted by atomic mass is 16.6. The van der Waals surface area contributed by atoms with E-state index < -0.39 is 0 Å². The number of aryl methyl sites for hydroxylation is 1. The van der Waals surface area contributed by atoms with Crippen molar-refractivity contribution in [3.05, 3.63) is 30.0 Å². The van der Waals surface area contributed by atoms with Gasteiger partial charge < -0.3 is 24.8 Å². The third-order valence-corrected chi connectivity index (χ3v) is 3.26. The maximum Gasteiger partial charge on any atom is 0.229 e. The van der Waals surface area contributed by atoms with Gasteiger partial charge >= 0.3 is 0 Å². The summed E-state index contributed by atoms with van der Waals surface area (Å²) in [6.07, 6.45) is 0. The van der Waals surface area contributed by atoms with Crippen molar-refractivity contribution in [2.75, 3.05) is 44.1 Å². The molecule has 1 aromatic heterocycles. The number of fused-ring (bicyclic) bond motifs is 1. The third-order valence-electron chi connectivity index (χ3n) is 3.26. The summed E-state index contributed by atoms with van der Waals surface area (Å²) < 4.78 is 16.1. The van der Waals surface area contributed by atoms with Gasteiger partial charge in [-0.25, -0.2) is 4.98 Å². The van der Waals surface area contributed by atoms with E-state index in [-0.39, 0.29) is 0 Å². The van der Waals surface area contributed by atoms with Crippen LogP contribution in [0.4, 0.5) is 17.5 Å². The van der Waals surface area contributed by atoms with E-state index in [0.717, 1.165) is 28.7 Å². The summed E-state index contributed by atoms with van der Waals surface area (Å²) in [6, 6.07) is 7.57. The van der Waals surface area contributed by atoms with Crippen LogP contribution < -0.4 is 20.1 Å². The van der Waals surface area contributed by atoms with E-state index in [2.05, 4.69) is 20.6 Å². The van der Waals surface area contributed by atoms with Gasteiger partial charge in [0.1, 0.15) is 19.0 Å². The molecule has 0 bridgehead atoms. The molecule has 0 spiro atoms. The van der Waals surface area contributed by atoms with E-state index in [4.69, 9.17) is 14.2 Å². The Hall–Kier alpha value is -2.54. The molecule has 0 saturated carbocycles. The lowest BCUT2D eigenvalue weighted by atomic mass is 10.2. The number of ether oxygens (including phenoxy) is 3. The molecule has 2 heterocycles. The van der Waals surface area contributed by atoms with E-state index in [9.17, 15) is 0 Å². The lowest BCUT2D eigenvalue weighted by Gasteiger charge is -2.19. The van der Waals surface area contributed by atoms with E-state index in [1.807, 2.05) is 31.2 Å². The van der Waals surface area contributed by atoms with Crippen LogP contribution >= 0.6 is 0 Å². The molecule has 3 rings (SSSR count). The number of aromatic nitrogens is 2. The Labute approximate surface area is 135 Å². The Bertz CT molecular complexity index is 678. The Morgan fingerprint density at radius 2 is 1.96 bits per heavy atom. The highest BCUT2D eigenvalue weighted by molar-refractivity contribution is 5.61. The number of methoxy groups -OCH3 is 1. The maximum absolute atomic E-state index is 5.58. The molecule has 0 unspecified atom stereocenters. The summed E-state index contributed by atoms with van der Waals surface area (Å²) in [5, 5.41) is 6.40. The number of hydrogen-bond acceptors (Lipinski definition) is 7. The predicted molar refractivity (Wildman–Crippen MR) is 87.8 cm³/mol. The van der Waals surface area contributed by atoms with Crippen molar-refractivity contribution in [3.8, 4) is 11.5 Å². The molecule has 2 aromatic rings. The molecule has 0 atom stereocenters. The lowest BCUT2D eigenvalue weighted by molar-refractivity contribution is 0.171. The molecule has 0 amide bonds. The summed E-state index contributed by atoms with van der Waals surface area (Å²) in [7, 11) is 1.67. The molecule has 1 aliphatic heterocycles. The van der Waals surface area contributed by atoms with Crippen molar-refractivity contribution in [1.82, 2.24) is 9.97 Å². The van der Waals surface area contributed by atoms with Crippen LogP contribution in [0.5, 0.6) is 11.5 Å². The first kappa shape index (κ1) is 15.4. The molecule has 122 valence electrons. The molecule has 0 aliphatic carbocycles. The van der Waals surface area contributed by atoms with Crippen LogP contribution in [-0.4, -0.2) is 43.4 Å². The van der Waals surface area contributed by atoms with Gasteiger partial charge in [-0.15, -0.1) is 0 Å². The second kappa shape index (κ2) is 7.15. The lowest BCUT2D eigenvalue weighted by Crippen LogP contribution is -2.15. The number of rotatable bonds is 6. The number of hydrogen-bond donors (Lipinski definition) is 2. The molecule has 0 saturated heterocycles. The fraction of sp³-hybridized carbons (Fsp3) is 0.375. The minimum absolute atomic E-state index is 0.529. The first-order chi connectivity index (χ1) is 11.2. The number of anilines is 3. The highest BCUT2D eigenvalue weighted by Crippen LogP contribution is 2.33. The van der Waals surface area contributed by atoms with E-state index >= 15 is 0 Å². The second-order valence-corrected chi connectivity index (χ2v) is 5.12. The van der Waals surface area contributed by atoms with Crippen LogP contribution in [0.3, 0.4) is 0 Å². The second-order valence-electron chi connectivity index (χ2n) is 5.12. The van der Waals surface area contributed by atoms with Gasteiger partial charge in [0.15, 0.2) is 11.5 Å². The van der Waals surface area contributed by atoms with Gasteiger partial charge in [-0.1, -0.05) is 0 Å². The first-order valence-electron chi connectivity index (χ1n) is 7.50. The SMILES string of the molecule is COCCNc1cc(C)nc(Nc2ccc3c(c2)OCCO3)n1. The van der Waals surface area contributed by atoms with E-state index in [0.29, 0.717) is 32.3 Å². The summed E-state index contributed by atoms with van der Waals surface area (Å²) in [6.45, 7) is 4.38. The molecular weight excluding hydrogens is 296 g/mol. The van der Waals surface area contributed by atoms with Crippen LogP contribution in [0.15, 0.2) is 24.3 Å². The quantitative estimate of drug-likeness (QED) is 0.792. The fourth-order valence-corrected chi connectivity index (χ4v) is 2.25. The summed E-state index contributed by atoms with van der Waals surface area (Å²) >= 11 is 0. The van der Waals surface area contributed by atoms with Crippen molar-refractivity contribution < 1.29 is 14.2 Å². The Kier molecular flexibility index (Phi) is 4.77. The van der Waals surface area contributed by atoms with Crippen molar-refractivity contribution in [1.29, 1.82) is 0 Å². The minimum atomic E-state index is 0.529. The van der Waals surface area contributed by atoms with Crippen LogP contribution in [0.25, 0.3) is 0 Å². The molecule has 0 radical (unpaired) electrons. The monoisotopic (exact) mass is 316 g/mol. The highest BCUT2D eigenvalue weighted by Gasteiger charge is 2.12. The van der Waals surface area contributed by atoms with E-state index in [1.165, 1.54) is 0 Å². The Morgan fingerprint density at radius 3 is 2.78 bits per heavy atom. The van der Waals surface area contributed by atoms with Gasteiger partial charge in [-0.05, 0) is 19.1 Å². The van der Waals surface area contributed by atoms with Crippen LogP contribution in [-0.2, 0) is 4.74 Å². The molecule has 7 heteroatoms. The van der Waals surface area contributed by atoms with Crippen molar-refractivity contribution in [2.45, 2.75) is 6.92 Å². The average Bonchev–Trinajstić information content (AvgIpc) is 2.54. The predicted octanol–water partition coefficient (Wildman–Crippen LogP) is 2.36. The minimum Gasteiger partial charge on any atom is -0.486 e. The molecule has 0 fully saturated rings. The van der Waals surface area contributed by atoms with Gasteiger partial charge in [-0.2, -0.15) is 4.98 Å². The average molecular weight is 316 g/mol. The number of benzene rings is 1. The zero-order valence-corrected chi connectivity index (χ0v) is 13.3. The fourth-order valence-electron chi connectivity index (χ4n) is 2.25. The summed E-state index contributed by atoms with van der Waals surface area (Å²) in [5.41, 5.74) is 1.72. The van der Waals surface area contributed by atoms with Crippen molar-refractivity contribution in [2.24, 2.45) is 0 Å². The molecule has 7 nitrogen and oxygen atoms in total. The van der Waals surface area contributed by atoms with Gasteiger partial charge in [0, 0.05) is 37.2 Å². The summed E-state index contributed by atoms with van der Waals surface area (Å²) in [4.78, 5) is 8.86. The number of nitrogens with zero attached hydrogens (tertiary/aromatic N) is 2. The van der Waals surface area contributed by atoms with Gasteiger partial charge in [0.25, 0.3) is 0 Å². The zero-order valence-electron chi connectivity index (χ0n) is 13.3. The normalized spacial score (nSPS) is 12.8. The van der Waals surface area contributed by atoms with Gasteiger partial charge in [-0.3, -0.25) is 0 Å². The topological polar surface area (TPSA) is 77.5 Å². The Balaban J connectivity index is 1.74. The van der Waals surface area contributed by atoms with Crippen LogP contribution in [0.1, 0.15) is 5.69 Å². The number of nitrogens with one attached hydrogen (secondary N) is 2. The molecule has 2 N–H and O–H groups in total. The third kappa shape index (κ3) is 4.01. The van der Waals surface area contributed by atoms with Crippen molar-refractivity contribution in [3.63, 3.8) is 0 Å². The Morgan fingerprint density at radius 1 is 1.13 bits per heavy atom. The van der Waals surface area contributed by atoms with Crippen LogP contribution in [0, 0.1) is 6.92 Å². The molecule has 1 aliphatic rings. The standard InChI is InChI=1S/C16H20N4O3/c1-11-9-15(17-5-6-21-2)20-16(18-11)19-12-3-4-13-14(10-12)23-8-7-22-13/h3-4,9-10H,5-8H2,1-2H3,(H2,17,18,19,20). The summed E-state index contributed by atoms with van der Waals surface area (Å²) in [5.74, 6) is 2.78. The van der Waals surface area contributed by atoms with E-state index in [1.54, 1.807) is 7.11 Å². The first-order valence-corrected chi connectivity index (χ1v) is 7.50. The van der Waals surface area contributed by atoms with Gasteiger partial charge in [0.2, 0.25) is 5.95 Å². The smallest absolute Gasteiger partial charge is 0.229 e. The molecule has 23 heavy (non-hydrogen) atoms. The van der Waals surface area contributed by atoms with Crippen LogP contribution in [0.2, 0.25) is 0 Å².